The third kappa shape index (κ3) is 3.89. The summed E-state index contributed by atoms with van der Waals surface area (Å²) >= 11 is 0. The number of carbonyl (C=O) groups excluding carboxylic acids is 1. The molecule has 8 rings (SSSR count). The molecule has 1 aromatic heterocycles. The minimum Gasteiger partial charge on any atom is -0.455 e. The Labute approximate surface area is 272 Å². The third-order valence-corrected chi connectivity index (χ3v) is 13.5. The number of aromatic nitrogens is 1. The Balaban J connectivity index is 1.23. The highest BCUT2D eigenvalue weighted by Crippen LogP contribution is 2.69. The van der Waals surface area contributed by atoms with Gasteiger partial charge in [-0.05, 0) is 138 Å². The minimum absolute atomic E-state index is 0.235. The molecule has 2 aromatic rings. The molecule has 3 heterocycles. The summed E-state index contributed by atoms with van der Waals surface area (Å²) in [5.41, 5.74) is 5.17. The van der Waals surface area contributed by atoms with E-state index in [0.717, 1.165) is 37.7 Å². The van der Waals surface area contributed by atoms with Crippen molar-refractivity contribution in [2.45, 2.75) is 147 Å². The van der Waals surface area contributed by atoms with Crippen molar-refractivity contribution < 1.29 is 29.2 Å². The number of carbonyl (C=O) groups is 1. The van der Waals surface area contributed by atoms with Gasteiger partial charge >= 0.3 is 5.97 Å². The van der Waals surface area contributed by atoms with Gasteiger partial charge in [-0.15, -0.1) is 0 Å². The van der Waals surface area contributed by atoms with Crippen molar-refractivity contribution in [1.82, 2.24) is 4.98 Å². The smallest absolute Gasteiger partial charge is 0.303 e. The summed E-state index contributed by atoms with van der Waals surface area (Å²) in [7, 11) is 0. The number of aromatic amines is 1. The number of hydrogen-bond acceptors (Lipinski definition) is 6. The molecule has 0 saturated heterocycles. The Morgan fingerprint density at radius 2 is 1.80 bits per heavy atom. The van der Waals surface area contributed by atoms with Crippen molar-refractivity contribution in [1.29, 1.82) is 0 Å². The summed E-state index contributed by atoms with van der Waals surface area (Å²) in [6.07, 6.45) is 7.49. The number of nitrogens with one attached hydrogen (secondary N) is 1. The first-order chi connectivity index (χ1) is 21.3. The molecule has 2 aliphatic heterocycles. The van der Waals surface area contributed by atoms with E-state index in [0.29, 0.717) is 18.3 Å². The van der Waals surface area contributed by atoms with Crippen molar-refractivity contribution in [3.63, 3.8) is 0 Å². The van der Waals surface area contributed by atoms with Crippen LogP contribution in [-0.4, -0.2) is 61.9 Å². The van der Waals surface area contributed by atoms with Gasteiger partial charge in [0.05, 0.1) is 28.5 Å². The quantitative estimate of drug-likeness (QED) is 0.260. The summed E-state index contributed by atoms with van der Waals surface area (Å²) in [6.45, 7) is 18.2. The SMILES string of the molecule is CC(=O)O[C@H]1C=C2C(CC[C@@]3(C)[C@@]2(O)CCC2Cc4c([nH]c5cc6c(cc45)C[C@H]4C6=CC(C)(C)OC4(C)C)[C@@]23C)O[C@@H]1C(C)(C)O. The standard InChI is InChI=1S/C39H51NO6/c1-20(41)44-31-18-28-30(45-33(31)35(4,5)42)11-12-37(8)38(9)22(10-13-39(28,37)43)16-25-24-14-21-15-27-26(19-34(2,3)46-36(27,6)7)23(21)17-29(24)40-32(25)38/h14,17-19,22,27,30-31,33,40,42-43H,10-13,15-16H2,1-9H3/t22?,27-,30?,31-,33-,37+,38+,39+/m0/s1. The van der Waals surface area contributed by atoms with Crippen LogP contribution >= 0.6 is 0 Å². The van der Waals surface area contributed by atoms with Gasteiger partial charge in [0.2, 0.25) is 0 Å². The molecule has 3 N–H and O–H groups in total. The van der Waals surface area contributed by atoms with Gasteiger partial charge in [0.25, 0.3) is 0 Å². The predicted octanol–water partition coefficient (Wildman–Crippen LogP) is 6.46. The lowest BCUT2D eigenvalue weighted by atomic mass is 9.42. The summed E-state index contributed by atoms with van der Waals surface area (Å²) < 4.78 is 18.8. The molecule has 2 unspecified atom stereocenters. The van der Waals surface area contributed by atoms with Crippen LogP contribution in [0.5, 0.6) is 0 Å². The molecule has 1 aromatic carbocycles. The van der Waals surface area contributed by atoms with E-state index in [4.69, 9.17) is 14.2 Å². The number of H-pyrrole nitrogens is 1. The van der Waals surface area contributed by atoms with Gasteiger partial charge in [-0.3, -0.25) is 4.79 Å². The minimum atomic E-state index is -1.22. The lowest BCUT2D eigenvalue weighted by molar-refractivity contribution is -0.214. The highest BCUT2D eigenvalue weighted by atomic mass is 16.6. The summed E-state index contributed by atoms with van der Waals surface area (Å²) in [5.74, 6) is 0.321. The van der Waals surface area contributed by atoms with E-state index in [-0.39, 0.29) is 22.7 Å². The van der Waals surface area contributed by atoms with E-state index in [1.165, 1.54) is 45.8 Å². The number of benzene rings is 1. The van der Waals surface area contributed by atoms with Crippen molar-refractivity contribution in [2.75, 3.05) is 0 Å². The fourth-order valence-electron chi connectivity index (χ4n) is 11.3. The second-order valence-electron chi connectivity index (χ2n) is 17.5. The molecule has 0 amide bonds. The predicted molar refractivity (Wildman–Crippen MR) is 177 cm³/mol. The van der Waals surface area contributed by atoms with E-state index in [9.17, 15) is 15.0 Å². The van der Waals surface area contributed by atoms with Gasteiger partial charge in [-0.1, -0.05) is 13.8 Å². The molecule has 46 heavy (non-hydrogen) atoms. The Hall–Kier alpha value is -2.45. The van der Waals surface area contributed by atoms with Crippen LogP contribution in [0.1, 0.15) is 110 Å². The maximum Gasteiger partial charge on any atom is 0.303 e. The first kappa shape index (κ1) is 30.9. The summed E-state index contributed by atoms with van der Waals surface area (Å²) in [6, 6.07) is 4.84. The van der Waals surface area contributed by atoms with E-state index >= 15 is 0 Å². The molecule has 0 spiro atoms. The van der Waals surface area contributed by atoms with E-state index < -0.39 is 34.8 Å². The third-order valence-electron chi connectivity index (χ3n) is 13.5. The van der Waals surface area contributed by atoms with Crippen LogP contribution in [-0.2, 0) is 37.3 Å². The van der Waals surface area contributed by atoms with Crippen molar-refractivity contribution in [3.8, 4) is 0 Å². The first-order valence-corrected chi connectivity index (χ1v) is 17.4. The Kier molecular flexibility index (Phi) is 6.14. The fraction of sp³-hybridized carbons (Fsp3) is 0.667. The zero-order valence-electron chi connectivity index (χ0n) is 29.0. The van der Waals surface area contributed by atoms with Gasteiger partial charge < -0.3 is 29.4 Å². The highest BCUT2D eigenvalue weighted by Gasteiger charge is 2.70. The molecule has 248 valence electrons. The fourth-order valence-corrected chi connectivity index (χ4v) is 11.3. The number of rotatable bonds is 2. The average Bonchev–Trinajstić information content (AvgIpc) is 3.56. The number of hydrogen-bond donors (Lipinski definition) is 3. The van der Waals surface area contributed by atoms with Gasteiger partial charge in [0, 0.05) is 40.3 Å². The first-order valence-electron chi connectivity index (χ1n) is 17.4. The van der Waals surface area contributed by atoms with Crippen LogP contribution in [0, 0.1) is 17.3 Å². The topological polar surface area (TPSA) is 101 Å². The van der Waals surface area contributed by atoms with Crippen molar-refractivity contribution >= 4 is 22.4 Å². The van der Waals surface area contributed by atoms with Gasteiger partial charge in [-0.2, -0.15) is 0 Å². The number of esters is 1. The summed E-state index contributed by atoms with van der Waals surface area (Å²) in [4.78, 5) is 16.1. The molecule has 0 radical (unpaired) electrons. The summed E-state index contributed by atoms with van der Waals surface area (Å²) in [5, 5.41) is 25.3. The second-order valence-corrected chi connectivity index (χ2v) is 17.5. The van der Waals surface area contributed by atoms with E-state index in [1.54, 1.807) is 13.8 Å². The lowest BCUT2D eigenvalue weighted by Crippen LogP contribution is -2.68. The van der Waals surface area contributed by atoms with Gasteiger partial charge in [-0.25, -0.2) is 0 Å². The van der Waals surface area contributed by atoms with E-state index in [1.807, 2.05) is 6.08 Å². The van der Waals surface area contributed by atoms with Crippen LogP contribution in [0.2, 0.25) is 0 Å². The molecule has 7 heteroatoms. The zero-order valence-corrected chi connectivity index (χ0v) is 29.0. The highest BCUT2D eigenvalue weighted by molar-refractivity contribution is 5.92. The zero-order chi connectivity index (χ0) is 33.0. The molecule has 8 atom stereocenters. The van der Waals surface area contributed by atoms with Crippen LogP contribution < -0.4 is 0 Å². The van der Waals surface area contributed by atoms with Crippen LogP contribution in [0.25, 0.3) is 16.5 Å². The average molecular weight is 630 g/mol. The number of ether oxygens (including phenoxy) is 3. The van der Waals surface area contributed by atoms with Gasteiger partial charge in [0.15, 0.2) is 0 Å². The molecule has 7 nitrogen and oxygen atoms in total. The number of aliphatic hydroxyl groups is 2. The van der Waals surface area contributed by atoms with E-state index in [2.05, 4.69) is 64.7 Å². The molecule has 2 saturated carbocycles. The lowest BCUT2D eigenvalue weighted by Gasteiger charge is -2.65. The molecular weight excluding hydrogens is 578 g/mol. The Morgan fingerprint density at radius 3 is 2.50 bits per heavy atom. The normalized spacial score (nSPS) is 40.1. The maximum absolute atomic E-state index is 13.0. The van der Waals surface area contributed by atoms with Crippen LogP contribution in [0.15, 0.2) is 29.9 Å². The maximum atomic E-state index is 13.0. The number of fused-ring (bicyclic) bond motifs is 12. The molecule has 2 fully saturated rings. The second kappa shape index (κ2) is 9.16. The molecule has 6 aliphatic rings. The monoisotopic (exact) mass is 629 g/mol. The van der Waals surface area contributed by atoms with Crippen molar-refractivity contribution in [2.24, 2.45) is 17.3 Å². The van der Waals surface area contributed by atoms with Crippen molar-refractivity contribution in [3.05, 3.63) is 52.2 Å². The molecule has 0 bridgehead atoms. The molecular formula is C39H51NO6. The Morgan fingerprint density at radius 1 is 1.07 bits per heavy atom. The Bertz CT molecular complexity index is 1740. The molecule has 4 aliphatic carbocycles. The largest absolute Gasteiger partial charge is 0.455 e. The van der Waals surface area contributed by atoms with Crippen LogP contribution in [0.3, 0.4) is 0 Å². The van der Waals surface area contributed by atoms with Crippen LogP contribution in [0.4, 0.5) is 0 Å². The van der Waals surface area contributed by atoms with Gasteiger partial charge in [0.1, 0.15) is 12.2 Å².